The van der Waals surface area contributed by atoms with Crippen molar-refractivity contribution in [1.29, 1.82) is 0 Å². The minimum Gasteiger partial charge on any atom is -0.476 e. The van der Waals surface area contributed by atoms with Gasteiger partial charge in [0.15, 0.2) is 0 Å². The normalized spacial score (nSPS) is 41.7. The molecule has 1 aromatic heterocycles. The monoisotopic (exact) mass is 449 g/mol. The summed E-state index contributed by atoms with van der Waals surface area (Å²) >= 11 is 0. The fraction of sp³-hybridized carbons (Fsp3) is 0.654. The molecule has 2 aliphatic heterocycles. The van der Waals surface area contributed by atoms with Crippen LogP contribution in [0.25, 0.3) is 11.0 Å². The predicted molar refractivity (Wildman–Crippen MR) is 122 cm³/mol. The highest BCUT2D eigenvalue weighted by molar-refractivity contribution is 5.88. The molecule has 4 aliphatic carbocycles. The first-order chi connectivity index (χ1) is 15.8. The van der Waals surface area contributed by atoms with Crippen molar-refractivity contribution in [1.82, 2.24) is 14.5 Å². The van der Waals surface area contributed by atoms with E-state index < -0.39 is 17.1 Å². The van der Waals surface area contributed by atoms with Gasteiger partial charge in [-0.3, -0.25) is 9.69 Å². The van der Waals surface area contributed by atoms with E-state index >= 15 is 0 Å². The highest BCUT2D eigenvalue weighted by atomic mass is 16.4. The molecule has 4 saturated carbocycles. The first-order valence-electron chi connectivity index (χ1n) is 12.6. The van der Waals surface area contributed by atoms with Crippen molar-refractivity contribution < 1.29 is 15.0 Å². The van der Waals surface area contributed by atoms with Crippen molar-refractivity contribution in [3.8, 4) is 0 Å². The number of benzene rings is 1. The fourth-order valence-electron chi connectivity index (χ4n) is 9.26. The third kappa shape index (κ3) is 2.84. The molecular formula is C26H31N3O4. The van der Waals surface area contributed by atoms with Gasteiger partial charge in [-0.15, -0.1) is 0 Å². The molecule has 1 unspecified atom stereocenters. The molecular weight excluding hydrogens is 418 g/mol. The topological polar surface area (TPSA) is 95.7 Å². The first kappa shape index (κ1) is 20.2. The number of aromatic nitrogens is 2. The second kappa shape index (κ2) is 6.66. The zero-order valence-corrected chi connectivity index (χ0v) is 18.8. The Morgan fingerprint density at radius 1 is 0.970 bits per heavy atom. The highest BCUT2D eigenvalue weighted by Crippen LogP contribution is 2.62. The standard InChI is InChI=1S/C26H31N3O4/c30-23-22(24(31)32)27-20-3-1-2-4-21(20)28(23)19-8-17-5-6-18(9-19)29(17)25-10-15-7-16(11-25)13-26(33,12-15)14-25/h1-4,15-19,33H,5-14H2,(H,31,32)/t15-,16+,17-,18+,19+,25?,26-. The van der Waals surface area contributed by atoms with Gasteiger partial charge in [0, 0.05) is 23.7 Å². The van der Waals surface area contributed by atoms with Crippen LogP contribution in [0.3, 0.4) is 0 Å². The van der Waals surface area contributed by atoms with Crippen molar-refractivity contribution >= 4 is 17.0 Å². The zero-order valence-electron chi connectivity index (χ0n) is 18.8. The maximum Gasteiger partial charge on any atom is 0.360 e. The first-order valence-corrected chi connectivity index (χ1v) is 12.6. The number of aliphatic hydroxyl groups is 1. The van der Waals surface area contributed by atoms with Crippen molar-refractivity contribution in [2.45, 2.75) is 93.5 Å². The van der Waals surface area contributed by atoms with Gasteiger partial charge in [0.25, 0.3) is 5.56 Å². The van der Waals surface area contributed by atoms with Crippen LogP contribution in [-0.4, -0.2) is 53.9 Å². The number of para-hydroxylation sites is 2. The second-order valence-corrected chi connectivity index (χ2v) is 11.8. The number of hydrogen-bond donors (Lipinski definition) is 2. The number of carbonyl (C=O) groups is 1. The molecule has 174 valence electrons. The van der Waals surface area contributed by atoms with E-state index in [2.05, 4.69) is 9.88 Å². The van der Waals surface area contributed by atoms with Gasteiger partial charge in [-0.2, -0.15) is 0 Å². The van der Waals surface area contributed by atoms with Crippen molar-refractivity contribution in [3.63, 3.8) is 0 Å². The molecule has 0 spiro atoms. The number of nitrogens with zero attached hydrogens (tertiary/aromatic N) is 3. The third-order valence-electron chi connectivity index (χ3n) is 9.62. The lowest BCUT2D eigenvalue weighted by Gasteiger charge is -2.65. The van der Waals surface area contributed by atoms with Crippen molar-refractivity contribution in [2.75, 3.05) is 0 Å². The highest BCUT2D eigenvalue weighted by Gasteiger charge is 2.62. The summed E-state index contributed by atoms with van der Waals surface area (Å²) in [5.74, 6) is 0.0400. The summed E-state index contributed by atoms with van der Waals surface area (Å²) in [6.07, 6.45) is 10.5. The molecule has 33 heavy (non-hydrogen) atoms. The lowest BCUT2D eigenvalue weighted by Crippen LogP contribution is -2.68. The average Bonchev–Trinajstić information content (AvgIpc) is 3.03. The fourth-order valence-corrected chi connectivity index (χ4v) is 9.26. The van der Waals surface area contributed by atoms with Gasteiger partial charge < -0.3 is 14.8 Å². The van der Waals surface area contributed by atoms with Crippen LogP contribution in [0.4, 0.5) is 0 Å². The van der Waals surface area contributed by atoms with E-state index in [0.29, 0.717) is 29.4 Å². The van der Waals surface area contributed by atoms with Crippen LogP contribution in [0.1, 0.15) is 80.7 Å². The second-order valence-electron chi connectivity index (χ2n) is 11.8. The average molecular weight is 450 g/mol. The Morgan fingerprint density at radius 2 is 1.64 bits per heavy atom. The smallest absolute Gasteiger partial charge is 0.360 e. The van der Waals surface area contributed by atoms with E-state index in [9.17, 15) is 19.8 Å². The molecule has 2 aromatic rings. The number of piperidine rings is 1. The summed E-state index contributed by atoms with van der Waals surface area (Å²) in [6, 6.07) is 8.16. The molecule has 7 heteroatoms. The molecule has 2 N–H and O–H groups in total. The van der Waals surface area contributed by atoms with E-state index in [1.54, 1.807) is 10.6 Å². The summed E-state index contributed by atoms with van der Waals surface area (Å²) in [6.45, 7) is 0. The summed E-state index contributed by atoms with van der Waals surface area (Å²) in [4.78, 5) is 32.0. The number of aromatic carboxylic acids is 1. The van der Waals surface area contributed by atoms with E-state index in [1.165, 1.54) is 19.3 Å². The molecule has 0 amide bonds. The van der Waals surface area contributed by atoms with Crippen LogP contribution in [0.5, 0.6) is 0 Å². The van der Waals surface area contributed by atoms with Crippen LogP contribution in [0, 0.1) is 11.8 Å². The van der Waals surface area contributed by atoms with E-state index in [0.717, 1.165) is 50.5 Å². The molecule has 0 radical (unpaired) electrons. The Hall–Kier alpha value is -2.25. The van der Waals surface area contributed by atoms with Crippen LogP contribution in [0.2, 0.25) is 0 Å². The molecule has 1 aromatic carbocycles. The molecule has 7 atom stereocenters. The Morgan fingerprint density at radius 3 is 2.27 bits per heavy atom. The van der Waals surface area contributed by atoms with Gasteiger partial charge in [-0.1, -0.05) is 12.1 Å². The minimum atomic E-state index is -1.26. The molecule has 7 nitrogen and oxygen atoms in total. The Kier molecular flexibility index (Phi) is 4.07. The lowest BCUT2D eigenvalue weighted by molar-refractivity contribution is -0.190. The van der Waals surface area contributed by atoms with Crippen LogP contribution < -0.4 is 5.56 Å². The lowest BCUT2D eigenvalue weighted by atomic mass is 9.50. The molecule has 3 heterocycles. The van der Waals surface area contributed by atoms with Crippen molar-refractivity contribution in [3.05, 3.63) is 40.3 Å². The molecule has 6 fully saturated rings. The van der Waals surface area contributed by atoms with Crippen LogP contribution >= 0.6 is 0 Å². The summed E-state index contributed by atoms with van der Waals surface area (Å²) in [7, 11) is 0. The number of carboxylic acids is 1. The quantitative estimate of drug-likeness (QED) is 0.746. The Bertz CT molecular complexity index is 1190. The Balaban J connectivity index is 1.27. The van der Waals surface area contributed by atoms with Crippen molar-refractivity contribution in [2.24, 2.45) is 11.8 Å². The molecule has 8 rings (SSSR count). The van der Waals surface area contributed by atoms with Gasteiger partial charge in [-0.25, -0.2) is 9.78 Å². The van der Waals surface area contributed by atoms with Crippen LogP contribution in [-0.2, 0) is 0 Å². The predicted octanol–water partition coefficient (Wildman–Crippen LogP) is 3.35. The van der Waals surface area contributed by atoms with Gasteiger partial charge in [0.2, 0.25) is 5.69 Å². The number of rotatable bonds is 3. The van der Waals surface area contributed by atoms with Gasteiger partial charge in [0.1, 0.15) is 0 Å². The number of fused-ring (bicyclic) bond motifs is 3. The van der Waals surface area contributed by atoms with E-state index in [4.69, 9.17) is 0 Å². The Labute approximate surface area is 192 Å². The number of carboxylic acid groups (broad SMARTS) is 1. The minimum absolute atomic E-state index is 0.0192. The summed E-state index contributed by atoms with van der Waals surface area (Å²) in [5, 5.41) is 20.9. The molecule has 2 saturated heterocycles. The molecule has 6 bridgehead atoms. The summed E-state index contributed by atoms with van der Waals surface area (Å²) < 4.78 is 1.74. The maximum atomic E-state index is 13.3. The molecule has 6 aliphatic rings. The SMILES string of the molecule is O=C(O)c1nc2ccccc2n([C@H]2C[C@H]3CC[C@@H](C2)N3C23C[C@H]4C[C@@H](C2)C[C@](O)(C4)C3)c1=O. The summed E-state index contributed by atoms with van der Waals surface area (Å²) in [5.41, 5.74) is 0.0688. The van der Waals surface area contributed by atoms with Gasteiger partial charge >= 0.3 is 5.97 Å². The largest absolute Gasteiger partial charge is 0.476 e. The number of hydrogen-bond acceptors (Lipinski definition) is 5. The third-order valence-corrected chi connectivity index (χ3v) is 9.62. The van der Waals surface area contributed by atoms with Crippen LogP contribution in [0.15, 0.2) is 29.1 Å². The van der Waals surface area contributed by atoms with Gasteiger partial charge in [-0.05, 0) is 88.2 Å². The van der Waals surface area contributed by atoms with Gasteiger partial charge in [0.05, 0.1) is 16.6 Å². The maximum absolute atomic E-state index is 13.3. The van der Waals surface area contributed by atoms with E-state index in [1.807, 2.05) is 18.2 Å². The zero-order chi connectivity index (χ0) is 22.5. The van der Waals surface area contributed by atoms with E-state index in [-0.39, 0.29) is 17.3 Å².